The highest BCUT2D eigenvalue weighted by Gasteiger charge is 2.31. The Morgan fingerprint density at radius 1 is 1.25 bits per heavy atom. The summed E-state index contributed by atoms with van der Waals surface area (Å²) in [6, 6.07) is 1.82. The first kappa shape index (κ1) is 18.9. The van der Waals surface area contributed by atoms with Gasteiger partial charge in [-0.3, -0.25) is 14.5 Å². The Labute approximate surface area is 164 Å². The van der Waals surface area contributed by atoms with Crippen LogP contribution in [0.25, 0.3) is 0 Å². The molecule has 1 amide bonds. The number of furan rings is 1. The first-order valence-electron chi connectivity index (χ1n) is 9.80. The predicted molar refractivity (Wildman–Crippen MR) is 101 cm³/mol. The lowest BCUT2D eigenvalue weighted by molar-refractivity contribution is 0.0313. The van der Waals surface area contributed by atoms with E-state index in [1.807, 2.05) is 13.1 Å². The molecule has 1 atom stereocenters. The minimum absolute atomic E-state index is 0.00481. The zero-order valence-corrected chi connectivity index (χ0v) is 16.2. The zero-order chi connectivity index (χ0) is 19.5. The Kier molecular flexibility index (Phi) is 5.59. The normalized spacial score (nSPS) is 21.0. The Balaban J connectivity index is 1.39. The lowest BCUT2D eigenvalue weighted by atomic mass is 9.93. The number of carbonyl (C=O) groups excluding carboxylic acids is 2. The maximum Gasteiger partial charge on any atom is 0.257 e. The highest BCUT2D eigenvalue weighted by molar-refractivity contribution is 5.97. The fraction of sp³-hybridized carbons (Fsp3) is 0.550. The molecular formula is C20H26N4O4. The quantitative estimate of drug-likeness (QED) is 0.726. The number of ketones is 1. The summed E-state index contributed by atoms with van der Waals surface area (Å²) in [6.07, 6.45) is 6.51. The number of likely N-dealkylation sites (tertiary alicyclic amines) is 1. The third kappa shape index (κ3) is 4.02. The number of ether oxygens (including phenoxy) is 1. The van der Waals surface area contributed by atoms with Crippen LogP contribution in [0.15, 0.2) is 29.1 Å². The average molecular weight is 386 g/mol. The number of carbonyl (C=O) groups is 2. The maximum absolute atomic E-state index is 12.9. The summed E-state index contributed by atoms with van der Waals surface area (Å²) in [4.78, 5) is 33.9. The van der Waals surface area contributed by atoms with E-state index >= 15 is 0 Å². The van der Waals surface area contributed by atoms with Crippen molar-refractivity contribution < 1.29 is 18.7 Å². The van der Waals surface area contributed by atoms with E-state index in [9.17, 15) is 9.59 Å². The van der Waals surface area contributed by atoms with Crippen LogP contribution in [-0.4, -0.2) is 70.4 Å². The summed E-state index contributed by atoms with van der Waals surface area (Å²) < 4.78 is 12.7. The second-order valence-electron chi connectivity index (χ2n) is 7.51. The lowest BCUT2D eigenvalue weighted by Crippen LogP contribution is -2.42. The number of morpholine rings is 1. The van der Waals surface area contributed by atoms with E-state index in [1.165, 1.54) is 6.26 Å². The Hall–Kier alpha value is -2.45. The minimum atomic E-state index is -0.210. The van der Waals surface area contributed by atoms with Crippen LogP contribution in [0.5, 0.6) is 0 Å². The van der Waals surface area contributed by atoms with Crippen LogP contribution in [0, 0.1) is 5.92 Å². The van der Waals surface area contributed by atoms with Crippen LogP contribution in [0.3, 0.4) is 0 Å². The van der Waals surface area contributed by atoms with E-state index in [2.05, 4.69) is 9.88 Å². The summed E-state index contributed by atoms with van der Waals surface area (Å²) in [5.41, 5.74) is 0.549. The van der Waals surface area contributed by atoms with Gasteiger partial charge in [0, 0.05) is 51.5 Å². The molecule has 0 unspecified atom stereocenters. The van der Waals surface area contributed by atoms with Crippen molar-refractivity contribution in [1.82, 2.24) is 19.4 Å². The van der Waals surface area contributed by atoms with E-state index in [4.69, 9.17) is 9.15 Å². The predicted octanol–water partition coefficient (Wildman–Crippen LogP) is 1.58. The summed E-state index contributed by atoms with van der Waals surface area (Å²) in [6.45, 7) is 4.95. The van der Waals surface area contributed by atoms with Crippen molar-refractivity contribution in [1.29, 1.82) is 0 Å². The molecular weight excluding hydrogens is 360 g/mol. The molecule has 0 spiro atoms. The van der Waals surface area contributed by atoms with Gasteiger partial charge in [-0.05, 0) is 18.9 Å². The lowest BCUT2D eigenvalue weighted by Gasteiger charge is -2.31. The molecule has 0 saturated carbocycles. The zero-order valence-electron chi connectivity index (χ0n) is 16.2. The van der Waals surface area contributed by atoms with Gasteiger partial charge in [0.05, 0.1) is 25.3 Å². The van der Waals surface area contributed by atoms with Crippen LogP contribution in [0.2, 0.25) is 0 Å². The highest BCUT2D eigenvalue weighted by Crippen LogP contribution is 2.23. The van der Waals surface area contributed by atoms with Gasteiger partial charge < -0.3 is 18.6 Å². The Morgan fingerprint density at radius 3 is 2.82 bits per heavy atom. The van der Waals surface area contributed by atoms with E-state index in [1.54, 1.807) is 21.9 Å². The molecule has 0 aliphatic carbocycles. The number of imidazole rings is 1. The monoisotopic (exact) mass is 386 g/mol. The van der Waals surface area contributed by atoms with Crippen molar-refractivity contribution in [2.45, 2.75) is 19.4 Å². The molecule has 0 N–H and O–H groups in total. The standard InChI is InChI=1S/C20H26N4O4/c1-22-6-4-21-19(22)18(25)15-3-2-5-24(12-15)20(26)16-11-17(28-14-16)13-23-7-9-27-10-8-23/h4,6,11,14-15H,2-3,5,7-10,12-13H2,1H3/t15-/m0/s1. The molecule has 0 bridgehead atoms. The minimum Gasteiger partial charge on any atom is -0.467 e. The van der Waals surface area contributed by atoms with E-state index in [-0.39, 0.29) is 17.6 Å². The van der Waals surface area contributed by atoms with Gasteiger partial charge in [0.15, 0.2) is 5.82 Å². The van der Waals surface area contributed by atoms with E-state index < -0.39 is 0 Å². The Bertz CT molecular complexity index is 837. The summed E-state index contributed by atoms with van der Waals surface area (Å²) in [5.74, 6) is 0.955. The fourth-order valence-corrected chi connectivity index (χ4v) is 3.90. The van der Waals surface area contributed by atoms with Gasteiger partial charge in [-0.25, -0.2) is 4.98 Å². The van der Waals surface area contributed by atoms with Crippen molar-refractivity contribution in [2.75, 3.05) is 39.4 Å². The maximum atomic E-state index is 12.9. The van der Waals surface area contributed by atoms with Crippen molar-refractivity contribution in [3.63, 3.8) is 0 Å². The number of amides is 1. The second-order valence-corrected chi connectivity index (χ2v) is 7.51. The summed E-state index contributed by atoms with van der Waals surface area (Å²) in [7, 11) is 1.81. The van der Waals surface area contributed by atoms with Gasteiger partial charge in [-0.15, -0.1) is 0 Å². The number of hydrogen-bond donors (Lipinski definition) is 0. The topological polar surface area (TPSA) is 80.8 Å². The molecule has 2 aliphatic rings. The van der Waals surface area contributed by atoms with E-state index in [0.717, 1.165) is 44.9 Å². The van der Waals surface area contributed by atoms with Gasteiger partial charge in [-0.1, -0.05) is 0 Å². The van der Waals surface area contributed by atoms with Crippen LogP contribution in [0.4, 0.5) is 0 Å². The van der Waals surface area contributed by atoms with Crippen LogP contribution >= 0.6 is 0 Å². The number of piperidine rings is 1. The first-order valence-corrected chi connectivity index (χ1v) is 9.80. The molecule has 2 aromatic heterocycles. The van der Waals surface area contributed by atoms with Crippen molar-refractivity contribution in [3.8, 4) is 0 Å². The largest absolute Gasteiger partial charge is 0.467 e. The van der Waals surface area contributed by atoms with Gasteiger partial charge in [0.2, 0.25) is 5.78 Å². The first-order chi connectivity index (χ1) is 13.6. The van der Waals surface area contributed by atoms with Gasteiger partial charge >= 0.3 is 0 Å². The van der Waals surface area contributed by atoms with Gasteiger partial charge in [0.1, 0.15) is 12.0 Å². The molecule has 4 rings (SSSR count). The van der Waals surface area contributed by atoms with Crippen LogP contribution in [-0.2, 0) is 18.3 Å². The molecule has 2 aliphatic heterocycles. The average Bonchev–Trinajstić information content (AvgIpc) is 3.37. The molecule has 4 heterocycles. The molecule has 150 valence electrons. The number of nitrogens with zero attached hydrogens (tertiary/aromatic N) is 4. The molecule has 2 saturated heterocycles. The number of aryl methyl sites for hydroxylation is 1. The van der Waals surface area contributed by atoms with Gasteiger partial charge in [0.25, 0.3) is 5.91 Å². The fourth-order valence-electron chi connectivity index (χ4n) is 3.90. The Morgan fingerprint density at radius 2 is 2.07 bits per heavy atom. The summed E-state index contributed by atoms with van der Waals surface area (Å²) >= 11 is 0. The second kappa shape index (κ2) is 8.28. The smallest absolute Gasteiger partial charge is 0.257 e. The molecule has 8 heteroatoms. The van der Waals surface area contributed by atoms with Crippen molar-refractivity contribution >= 4 is 11.7 Å². The number of aromatic nitrogens is 2. The molecule has 28 heavy (non-hydrogen) atoms. The van der Waals surface area contributed by atoms with E-state index in [0.29, 0.717) is 31.0 Å². The summed E-state index contributed by atoms with van der Waals surface area (Å²) in [5, 5.41) is 0. The SMILES string of the molecule is Cn1ccnc1C(=O)[C@H]1CCCN(C(=O)c2coc(CN3CCOCC3)c2)C1. The third-order valence-corrected chi connectivity index (χ3v) is 5.50. The van der Waals surface area contributed by atoms with Crippen molar-refractivity contribution in [2.24, 2.45) is 13.0 Å². The number of rotatable bonds is 5. The molecule has 0 aromatic carbocycles. The molecule has 2 fully saturated rings. The molecule has 8 nitrogen and oxygen atoms in total. The third-order valence-electron chi connectivity index (χ3n) is 5.50. The highest BCUT2D eigenvalue weighted by atomic mass is 16.5. The van der Waals surface area contributed by atoms with Crippen LogP contribution in [0.1, 0.15) is 39.6 Å². The number of hydrogen-bond acceptors (Lipinski definition) is 6. The van der Waals surface area contributed by atoms with Crippen LogP contribution < -0.4 is 0 Å². The molecule has 2 aromatic rings. The van der Waals surface area contributed by atoms with Gasteiger partial charge in [-0.2, -0.15) is 0 Å². The number of Topliss-reactive ketones (excluding diaryl/α,β-unsaturated/α-hetero) is 1. The van der Waals surface area contributed by atoms with Crippen molar-refractivity contribution in [3.05, 3.63) is 41.9 Å². The molecule has 0 radical (unpaired) electrons.